The average molecular weight is 194 g/mol. The van der Waals surface area contributed by atoms with Gasteiger partial charge in [-0.3, -0.25) is 5.10 Å². The van der Waals surface area contributed by atoms with E-state index in [2.05, 4.69) is 29.0 Å². The molecular formula is C10H18N4. The van der Waals surface area contributed by atoms with Crippen LogP contribution < -0.4 is 5.73 Å². The maximum atomic E-state index is 5.97. The Morgan fingerprint density at radius 1 is 1.43 bits per heavy atom. The monoisotopic (exact) mass is 194 g/mol. The van der Waals surface area contributed by atoms with Crippen LogP contribution in [0.15, 0.2) is 0 Å². The number of nitrogens with two attached hydrogens (primary N) is 1. The molecule has 1 atom stereocenters. The second-order valence-corrected chi connectivity index (χ2v) is 4.48. The first-order valence-corrected chi connectivity index (χ1v) is 5.36. The molecule has 1 heterocycles. The van der Waals surface area contributed by atoms with Gasteiger partial charge in [-0.05, 0) is 18.8 Å². The number of aromatic nitrogens is 3. The van der Waals surface area contributed by atoms with Crippen LogP contribution in [-0.4, -0.2) is 15.2 Å². The lowest BCUT2D eigenvalue weighted by molar-refractivity contribution is 0.401. The van der Waals surface area contributed by atoms with Crippen LogP contribution in [0.2, 0.25) is 0 Å². The molecule has 1 aliphatic rings. The molecule has 14 heavy (non-hydrogen) atoms. The van der Waals surface area contributed by atoms with Crippen molar-refractivity contribution in [3.05, 3.63) is 11.6 Å². The van der Waals surface area contributed by atoms with Gasteiger partial charge in [0.15, 0.2) is 5.82 Å². The fourth-order valence-electron chi connectivity index (χ4n) is 1.60. The zero-order valence-corrected chi connectivity index (χ0v) is 8.83. The first kappa shape index (κ1) is 9.65. The predicted molar refractivity (Wildman–Crippen MR) is 54.7 cm³/mol. The summed E-state index contributed by atoms with van der Waals surface area (Å²) in [6.07, 6.45) is 3.80. The highest BCUT2D eigenvalue weighted by Crippen LogP contribution is 2.34. The van der Waals surface area contributed by atoms with Crippen LogP contribution in [0.25, 0.3) is 0 Å². The van der Waals surface area contributed by atoms with Gasteiger partial charge in [-0.2, -0.15) is 5.10 Å². The van der Waals surface area contributed by atoms with E-state index in [0.29, 0.717) is 11.8 Å². The second-order valence-electron chi connectivity index (χ2n) is 4.48. The van der Waals surface area contributed by atoms with Gasteiger partial charge in [0.05, 0.1) is 6.04 Å². The Morgan fingerprint density at radius 2 is 2.14 bits per heavy atom. The molecule has 0 amide bonds. The quantitative estimate of drug-likeness (QED) is 0.770. The van der Waals surface area contributed by atoms with Crippen molar-refractivity contribution >= 4 is 0 Å². The van der Waals surface area contributed by atoms with Gasteiger partial charge in [-0.1, -0.05) is 20.3 Å². The van der Waals surface area contributed by atoms with Crippen molar-refractivity contribution in [3.63, 3.8) is 0 Å². The Balaban J connectivity index is 2.08. The molecular weight excluding hydrogens is 176 g/mol. The van der Waals surface area contributed by atoms with Crippen LogP contribution in [0, 0.1) is 5.92 Å². The number of nitrogens with zero attached hydrogens (tertiary/aromatic N) is 2. The summed E-state index contributed by atoms with van der Waals surface area (Å²) < 4.78 is 0. The highest BCUT2D eigenvalue weighted by Gasteiger charge is 2.24. The first-order valence-electron chi connectivity index (χ1n) is 5.36. The zero-order chi connectivity index (χ0) is 10.1. The van der Waals surface area contributed by atoms with Crippen molar-refractivity contribution in [2.75, 3.05) is 0 Å². The molecule has 1 saturated carbocycles. The summed E-state index contributed by atoms with van der Waals surface area (Å²) >= 11 is 0. The van der Waals surface area contributed by atoms with Crippen LogP contribution in [-0.2, 0) is 0 Å². The molecule has 3 N–H and O–H groups in total. The standard InChI is InChI=1S/C10H18N4/c1-6(2)8(11)10-12-9(13-14-10)7-4-3-5-7/h6-8H,3-5,11H2,1-2H3,(H,12,13,14)/t8-/m1/s1. The molecule has 2 rings (SSSR count). The SMILES string of the molecule is CC(C)[C@@H](N)c1n[nH]c(C2CCC2)n1. The lowest BCUT2D eigenvalue weighted by Gasteiger charge is -2.22. The molecule has 0 saturated heterocycles. The average Bonchev–Trinajstić information content (AvgIpc) is 2.48. The fourth-order valence-corrected chi connectivity index (χ4v) is 1.60. The summed E-state index contributed by atoms with van der Waals surface area (Å²) in [5, 5.41) is 7.18. The van der Waals surface area contributed by atoms with Crippen molar-refractivity contribution in [1.82, 2.24) is 15.2 Å². The maximum Gasteiger partial charge on any atom is 0.167 e. The van der Waals surface area contributed by atoms with E-state index in [1.807, 2.05) is 0 Å². The second kappa shape index (κ2) is 3.69. The molecule has 0 radical (unpaired) electrons. The van der Waals surface area contributed by atoms with E-state index in [1.54, 1.807) is 0 Å². The van der Waals surface area contributed by atoms with Gasteiger partial charge < -0.3 is 5.73 Å². The summed E-state index contributed by atoms with van der Waals surface area (Å²) in [6.45, 7) is 4.17. The number of rotatable bonds is 3. The van der Waals surface area contributed by atoms with Crippen molar-refractivity contribution in [2.45, 2.75) is 45.1 Å². The Labute approximate surface area is 84.3 Å². The molecule has 4 heteroatoms. The largest absolute Gasteiger partial charge is 0.321 e. The van der Waals surface area contributed by atoms with Gasteiger partial charge in [-0.25, -0.2) is 4.98 Å². The van der Waals surface area contributed by atoms with Gasteiger partial charge in [0.2, 0.25) is 0 Å². The molecule has 0 aliphatic heterocycles. The molecule has 4 nitrogen and oxygen atoms in total. The highest BCUT2D eigenvalue weighted by molar-refractivity contribution is 5.04. The Morgan fingerprint density at radius 3 is 2.64 bits per heavy atom. The minimum Gasteiger partial charge on any atom is -0.321 e. The van der Waals surface area contributed by atoms with Gasteiger partial charge >= 0.3 is 0 Å². The fraction of sp³-hybridized carbons (Fsp3) is 0.800. The summed E-state index contributed by atoms with van der Waals surface area (Å²) in [5.74, 6) is 2.79. The Hall–Kier alpha value is -0.900. The third-order valence-electron chi connectivity index (χ3n) is 3.03. The molecule has 1 aromatic heterocycles. The normalized spacial score (nSPS) is 19.7. The predicted octanol–water partition coefficient (Wildman–Crippen LogP) is 1.73. The molecule has 1 aliphatic carbocycles. The van der Waals surface area contributed by atoms with Crippen LogP contribution >= 0.6 is 0 Å². The zero-order valence-electron chi connectivity index (χ0n) is 8.83. The van der Waals surface area contributed by atoms with Gasteiger partial charge in [-0.15, -0.1) is 0 Å². The van der Waals surface area contributed by atoms with Crippen LogP contribution in [0.5, 0.6) is 0 Å². The van der Waals surface area contributed by atoms with Gasteiger partial charge in [0.1, 0.15) is 5.82 Å². The molecule has 1 fully saturated rings. The number of hydrogen-bond donors (Lipinski definition) is 2. The van der Waals surface area contributed by atoms with E-state index in [0.717, 1.165) is 11.6 Å². The van der Waals surface area contributed by atoms with E-state index in [4.69, 9.17) is 5.73 Å². The minimum atomic E-state index is -0.0416. The van der Waals surface area contributed by atoms with E-state index >= 15 is 0 Å². The van der Waals surface area contributed by atoms with E-state index in [-0.39, 0.29) is 6.04 Å². The highest BCUT2D eigenvalue weighted by atomic mass is 15.2. The third kappa shape index (κ3) is 1.66. The summed E-state index contributed by atoms with van der Waals surface area (Å²) in [4.78, 5) is 4.46. The van der Waals surface area contributed by atoms with E-state index in [1.165, 1.54) is 19.3 Å². The number of nitrogens with one attached hydrogen (secondary N) is 1. The van der Waals surface area contributed by atoms with Crippen molar-refractivity contribution in [3.8, 4) is 0 Å². The lowest BCUT2D eigenvalue weighted by atomic mass is 9.85. The third-order valence-corrected chi connectivity index (χ3v) is 3.03. The number of hydrogen-bond acceptors (Lipinski definition) is 3. The summed E-state index contributed by atoms with van der Waals surface area (Å²) in [7, 11) is 0. The lowest BCUT2D eigenvalue weighted by Crippen LogP contribution is -2.18. The topological polar surface area (TPSA) is 67.6 Å². The summed E-state index contributed by atoms with van der Waals surface area (Å²) in [5.41, 5.74) is 5.97. The minimum absolute atomic E-state index is 0.0416. The van der Waals surface area contributed by atoms with Crippen LogP contribution in [0.1, 0.15) is 56.7 Å². The van der Waals surface area contributed by atoms with Gasteiger partial charge in [0, 0.05) is 5.92 Å². The molecule has 0 aromatic carbocycles. The van der Waals surface area contributed by atoms with E-state index < -0.39 is 0 Å². The van der Waals surface area contributed by atoms with Crippen molar-refractivity contribution in [2.24, 2.45) is 11.7 Å². The van der Waals surface area contributed by atoms with Gasteiger partial charge in [0.25, 0.3) is 0 Å². The molecule has 1 aromatic rings. The molecule has 78 valence electrons. The first-order chi connectivity index (χ1) is 6.68. The number of H-pyrrole nitrogens is 1. The molecule has 0 unspecified atom stereocenters. The van der Waals surface area contributed by atoms with Crippen LogP contribution in [0.3, 0.4) is 0 Å². The van der Waals surface area contributed by atoms with Crippen molar-refractivity contribution in [1.29, 1.82) is 0 Å². The van der Waals surface area contributed by atoms with Crippen molar-refractivity contribution < 1.29 is 0 Å². The maximum absolute atomic E-state index is 5.97. The Bertz CT molecular complexity index is 301. The number of aromatic amines is 1. The van der Waals surface area contributed by atoms with E-state index in [9.17, 15) is 0 Å². The molecule has 0 bridgehead atoms. The smallest absolute Gasteiger partial charge is 0.167 e. The summed E-state index contributed by atoms with van der Waals surface area (Å²) in [6, 6.07) is -0.0416. The molecule has 0 spiro atoms. The Kier molecular flexibility index (Phi) is 2.54. The van der Waals surface area contributed by atoms with Crippen LogP contribution in [0.4, 0.5) is 0 Å².